The normalized spacial score (nSPS) is 18.7. The molecule has 1 heterocycles. The Labute approximate surface area is 116 Å². The third-order valence-electron chi connectivity index (χ3n) is 4.08. The van der Waals surface area contributed by atoms with E-state index in [2.05, 4.69) is 32.0 Å². The molecule has 1 saturated heterocycles. The molecule has 0 amide bonds. The number of methoxy groups -OCH3 is 1. The largest absolute Gasteiger partial charge is 0.496 e. The van der Waals surface area contributed by atoms with Crippen molar-refractivity contribution in [1.29, 1.82) is 0 Å². The number of hydrogen-bond acceptors (Lipinski definition) is 3. The Morgan fingerprint density at radius 1 is 1.42 bits per heavy atom. The predicted molar refractivity (Wildman–Crippen MR) is 77.7 cm³/mol. The van der Waals surface area contributed by atoms with Gasteiger partial charge in [-0.2, -0.15) is 0 Å². The highest BCUT2D eigenvalue weighted by molar-refractivity contribution is 5.38. The molecule has 2 N–H and O–H groups in total. The molecule has 1 aliphatic heterocycles. The molecule has 0 aliphatic carbocycles. The van der Waals surface area contributed by atoms with E-state index in [0.717, 1.165) is 31.8 Å². The van der Waals surface area contributed by atoms with Crippen LogP contribution < -0.4 is 10.5 Å². The van der Waals surface area contributed by atoms with Gasteiger partial charge in [0.1, 0.15) is 5.75 Å². The van der Waals surface area contributed by atoms with Gasteiger partial charge in [-0.1, -0.05) is 26.0 Å². The highest BCUT2D eigenvalue weighted by atomic mass is 16.5. The molecular formula is C16H25NO2. The summed E-state index contributed by atoms with van der Waals surface area (Å²) in [6.45, 7) is 6.84. The van der Waals surface area contributed by atoms with E-state index in [1.54, 1.807) is 7.11 Å². The second kappa shape index (κ2) is 5.93. The van der Waals surface area contributed by atoms with Crippen LogP contribution in [0.25, 0.3) is 0 Å². The molecule has 2 rings (SSSR count). The number of nitrogens with two attached hydrogens (primary N) is 1. The lowest BCUT2D eigenvalue weighted by Crippen LogP contribution is -2.41. The Kier molecular flexibility index (Phi) is 4.48. The van der Waals surface area contributed by atoms with Gasteiger partial charge in [0.15, 0.2) is 0 Å². The quantitative estimate of drug-likeness (QED) is 0.858. The van der Waals surface area contributed by atoms with Crippen molar-refractivity contribution < 1.29 is 9.47 Å². The summed E-state index contributed by atoms with van der Waals surface area (Å²) in [5, 5.41) is 0. The molecule has 0 saturated carbocycles. The van der Waals surface area contributed by atoms with E-state index < -0.39 is 0 Å². The Bertz CT molecular complexity index is 427. The van der Waals surface area contributed by atoms with Crippen LogP contribution in [0.15, 0.2) is 18.2 Å². The van der Waals surface area contributed by atoms with Crippen molar-refractivity contribution >= 4 is 0 Å². The van der Waals surface area contributed by atoms with Gasteiger partial charge in [-0.15, -0.1) is 0 Å². The third kappa shape index (κ3) is 3.10. The molecule has 0 radical (unpaired) electrons. The maximum Gasteiger partial charge on any atom is 0.122 e. The zero-order valence-electron chi connectivity index (χ0n) is 12.2. The number of ether oxygens (including phenoxy) is 2. The molecule has 19 heavy (non-hydrogen) atoms. The minimum atomic E-state index is 0.302. The lowest BCUT2D eigenvalue weighted by Gasteiger charge is -2.40. The molecule has 0 spiro atoms. The summed E-state index contributed by atoms with van der Waals surface area (Å²) in [5.74, 6) is 1.38. The fourth-order valence-electron chi connectivity index (χ4n) is 2.83. The monoisotopic (exact) mass is 263 g/mol. The summed E-state index contributed by atoms with van der Waals surface area (Å²) in [5.41, 5.74) is 8.87. The van der Waals surface area contributed by atoms with Gasteiger partial charge in [-0.25, -0.2) is 0 Å². The summed E-state index contributed by atoms with van der Waals surface area (Å²) < 4.78 is 10.7. The first kappa shape index (κ1) is 14.4. The van der Waals surface area contributed by atoms with E-state index >= 15 is 0 Å². The molecule has 1 aromatic rings. The maximum absolute atomic E-state index is 5.98. The number of aryl methyl sites for hydroxylation is 1. The Balaban J connectivity index is 2.18. The van der Waals surface area contributed by atoms with E-state index in [9.17, 15) is 0 Å². The second-order valence-electron chi connectivity index (χ2n) is 5.87. The van der Waals surface area contributed by atoms with Crippen LogP contribution in [0.5, 0.6) is 5.75 Å². The molecule has 1 atom stereocenters. The van der Waals surface area contributed by atoms with Crippen molar-refractivity contribution in [3.05, 3.63) is 29.3 Å². The van der Waals surface area contributed by atoms with Gasteiger partial charge < -0.3 is 15.2 Å². The molecule has 3 nitrogen and oxygen atoms in total. The highest BCUT2D eigenvalue weighted by Gasteiger charge is 2.35. The van der Waals surface area contributed by atoms with Crippen molar-refractivity contribution in [1.82, 2.24) is 0 Å². The molecule has 106 valence electrons. The number of benzene rings is 1. The van der Waals surface area contributed by atoms with Crippen molar-refractivity contribution in [3.63, 3.8) is 0 Å². The van der Waals surface area contributed by atoms with Crippen LogP contribution in [0, 0.1) is 5.41 Å². The average molecular weight is 263 g/mol. The number of hydrogen-bond donors (Lipinski definition) is 1. The van der Waals surface area contributed by atoms with Crippen LogP contribution in [0.1, 0.15) is 37.3 Å². The zero-order chi connectivity index (χ0) is 13.9. The van der Waals surface area contributed by atoms with Crippen LogP contribution in [-0.4, -0.2) is 26.9 Å². The minimum absolute atomic E-state index is 0.302. The van der Waals surface area contributed by atoms with E-state index in [4.69, 9.17) is 15.2 Å². The van der Waals surface area contributed by atoms with Crippen LogP contribution in [0.2, 0.25) is 0 Å². The van der Waals surface area contributed by atoms with Gasteiger partial charge >= 0.3 is 0 Å². The smallest absolute Gasteiger partial charge is 0.122 e. The van der Waals surface area contributed by atoms with Crippen LogP contribution in [0.4, 0.5) is 0 Å². The standard InChI is InChI=1S/C16H25NO2/c1-4-12-7-13(5-6-15(12)18-3)14(9-17)8-16(2)10-19-11-16/h5-7,14H,4,8-11,17H2,1-3H3. The summed E-state index contributed by atoms with van der Waals surface area (Å²) in [4.78, 5) is 0. The van der Waals surface area contributed by atoms with Gasteiger partial charge in [-0.05, 0) is 42.5 Å². The molecule has 1 unspecified atom stereocenters. The van der Waals surface area contributed by atoms with Gasteiger partial charge in [0, 0.05) is 5.41 Å². The summed E-state index contributed by atoms with van der Waals surface area (Å²) >= 11 is 0. The minimum Gasteiger partial charge on any atom is -0.496 e. The van der Waals surface area contributed by atoms with Crippen molar-refractivity contribution in [2.75, 3.05) is 26.9 Å². The molecular weight excluding hydrogens is 238 g/mol. The molecule has 1 aliphatic rings. The molecule has 1 aromatic carbocycles. The lowest BCUT2D eigenvalue weighted by molar-refractivity contribution is -0.108. The van der Waals surface area contributed by atoms with Crippen molar-refractivity contribution in [2.24, 2.45) is 11.1 Å². The van der Waals surface area contributed by atoms with Crippen molar-refractivity contribution in [2.45, 2.75) is 32.6 Å². The topological polar surface area (TPSA) is 44.5 Å². The summed E-state index contributed by atoms with van der Waals surface area (Å²) in [6, 6.07) is 6.47. The Morgan fingerprint density at radius 3 is 2.63 bits per heavy atom. The van der Waals surface area contributed by atoms with Gasteiger partial charge in [0.05, 0.1) is 20.3 Å². The van der Waals surface area contributed by atoms with E-state index in [-0.39, 0.29) is 0 Å². The highest BCUT2D eigenvalue weighted by Crippen LogP contribution is 2.38. The third-order valence-corrected chi connectivity index (χ3v) is 4.08. The zero-order valence-corrected chi connectivity index (χ0v) is 12.2. The molecule has 3 heteroatoms. The summed E-state index contributed by atoms with van der Waals surface area (Å²) in [7, 11) is 1.72. The molecule has 0 aromatic heterocycles. The van der Waals surface area contributed by atoms with Gasteiger partial charge in [0.25, 0.3) is 0 Å². The SMILES string of the molecule is CCc1cc(C(CN)CC2(C)COC2)ccc1OC. The van der Waals surface area contributed by atoms with Gasteiger partial charge in [-0.3, -0.25) is 0 Å². The van der Waals surface area contributed by atoms with E-state index in [1.807, 2.05) is 0 Å². The average Bonchev–Trinajstić information content (AvgIpc) is 2.42. The lowest BCUT2D eigenvalue weighted by atomic mass is 9.77. The first-order valence-corrected chi connectivity index (χ1v) is 7.06. The summed E-state index contributed by atoms with van der Waals surface area (Å²) in [6.07, 6.45) is 2.08. The van der Waals surface area contributed by atoms with Crippen LogP contribution in [0.3, 0.4) is 0 Å². The fraction of sp³-hybridized carbons (Fsp3) is 0.625. The molecule has 0 bridgehead atoms. The van der Waals surface area contributed by atoms with Crippen LogP contribution >= 0.6 is 0 Å². The maximum atomic E-state index is 5.98. The van der Waals surface area contributed by atoms with E-state index in [1.165, 1.54) is 11.1 Å². The van der Waals surface area contributed by atoms with E-state index in [0.29, 0.717) is 17.9 Å². The predicted octanol–water partition coefficient (Wildman–Crippen LogP) is 2.73. The van der Waals surface area contributed by atoms with Crippen LogP contribution in [-0.2, 0) is 11.2 Å². The first-order valence-electron chi connectivity index (χ1n) is 7.06. The fourth-order valence-corrected chi connectivity index (χ4v) is 2.83. The van der Waals surface area contributed by atoms with Gasteiger partial charge in [0.2, 0.25) is 0 Å². The van der Waals surface area contributed by atoms with Crippen molar-refractivity contribution in [3.8, 4) is 5.75 Å². The Hall–Kier alpha value is -1.06. The number of rotatable bonds is 6. The second-order valence-corrected chi connectivity index (χ2v) is 5.87. The first-order chi connectivity index (χ1) is 9.11. The Morgan fingerprint density at radius 2 is 2.16 bits per heavy atom. The molecule has 1 fully saturated rings.